The highest BCUT2D eigenvalue weighted by Gasteiger charge is 2.18. The molecule has 0 amide bonds. The Hall–Kier alpha value is -0.670. The molecule has 0 fully saturated rings. The van der Waals surface area contributed by atoms with Crippen LogP contribution in [0.15, 0.2) is 24.3 Å². The third-order valence-corrected chi connectivity index (χ3v) is 4.91. The van der Waals surface area contributed by atoms with Crippen LogP contribution in [-0.4, -0.2) is 28.3 Å². The van der Waals surface area contributed by atoms with Crippen LogP contribution in [-0.2, 0) is 23.6 Å². The monoisotopic (exact) mass is 251 g/mol. The number of fused-ring (bicyclic) bond motifs is 1. The number of hydrogen-bond donors (Lipinski definition) is 1. The van der Waals surface area contributed by atoms with E-state index in [1.165, 1.54) is 17.5 Å². The normalized spacial score (nSPS) is 22.8. The molecule has 0 aromatic heterocycles. The molecule has 1 aromatic carbocycles. The van der Waals surface area contributed by atoms with Crippen LogP contribution in [0.5, 0.6) is 0 Å². The number of nitrogens with one attached hydrogen (secondary N) is 1. The zero-order valence-corrected chi connectivity index (χ0v) is 11.4. The van der Waals surface area contributed by atoms with Crippen LogP contribution < -0.4 is 5.32 Å². The summed E-state index contributed by atoms with van der Waals surface area (Å²) in [6, 6.07) is 9.25. The Morgan fingerprint density at radius 2 is 2.12 bits per heavy atom. The molecule has 0 bridgehead atoms. The van der Waals surface area contributed by atoms with Gasteiger partial charge in [-0.1, -0.05) is 24.3 Å². The molecule has 1 aliphatic carbocycles. The summed E-state index contributed by atoms with van der Waals surface area (Å²) in [6.07, 6.45) is 5.25. The predicted octanol–water partition coefficient (Wildman–Crippen LogP) is 1.90. The van der Waals surface area contributed by atoms with Gasteiger partial charge in [0.1, 0.15) is 0 Å². The van der Waals surface area contributed by atoms with Crippen molar-refractivity contribution in [2.75, 3.05) is 12.8 Å². The van der Waals surface area contributed by atoms with Crippen molar-refractivity contribution in [3.8, 4) is 0 Å². The smallest absolute Gasteiger partial charge is 0.0441 e. The van der Waals surface area contributed by atoms with Crippen LogP contribution >= 0.6 is 0 Å². The fourth-order valence-electron chi connectivity index (χ4n) is 2.32. The van der Waals surface area contributed by atoms with Crippen molar-refractivity contribution in [1.82, 2.24) is 5.32 Å². The second-order valence-electron chi connectivity index (χ2n) is 4.93. The number of aryl methyl sites for hydroxylation is 1. The second-order valence-corrected chi connectivity index (χ2v) is 6.73. The van der Waals surface area contributed by atoms with Crippen LogP contribution in [0.1, 0.15) is 24.5 Å². The molecule has 2 nitrogen and oxygen atoms in total. The molecule has 2 rings (SSSR count). The van der Waals surface area contributed by atoms with E-state index in [1.807, 2.05) is 6.92 Å². The summed E-state index contributed by atoms with van der Waals surface area (Å²) < 4.78 is 11.3. The lowest BCUT2D eigenvalue weighted by molar-refractivity contribution is 0.460. The first-order valence-corrected chi connectivity index (χ1v) is 7.91. The van der Waals surface area contributed by atoms with Crippen LogP contribution in [0.2, 0.25) is 0 Å². The van der Waals surface area contributed by atoms with E-state index in [-0.39, 0.29) is 5.25 Å². The molecule has 1 aromatic rings. The first kappa shape index (κ1) is 12.8. The van der Waals surface area contributed by atoms with Crippen molar-refractivity contribution >= 4 is 10.8 Å². The van der Waals surface area contributed by atoms with Crippen LogP contribution in [0.3, 0.4) is 0 Å². The topological polar surface area (TPSA) is 29.1 Å². The molecule has 0 saturated carbocycles. The van der Waals surface area contributed by atoms with Crippen LogP contribution in [0.25, 0.3) is 0 Å². The molecule has 3 unspecified atom stereocenters. The Balaban J connectivity index is 1.88. The van der Waals surface area contributed by atoms with Crippen LogP contribution in [0.4, 0.5) is 0 Å². The molecule has 3 atom stereocenters. The Kier molecular flexibility index (Phi) is 4.35. The van der Waals surface area contributed by atoms with Gasteiger partial charge < -0.3 is 5.32 Å². The van der Waals surface area contributed by atoms with E-state index >= 15 is 0 Å². The summed E-state index contributed by atoms with van der Waals surface area (Å²) in [5.41, 5.74) is 2.97. The summed E-state index contributed by atoms with van der Waals surface area (Å²) in [4.78, 5) is 0. The quantitative estimate of drug-likeness (QED) is 0.885. The van der Waals surface area contributed by atoms with Gasteiger partial charge in [-0.2, -0.15) is 0 Å². The third-order valence-electron chi connectivity index (χ3n) is 3.61. The van der Waals surface area contributed by atoms with Gasteiger partial charge >= 0.3 is 0 Å². The molecule has 0 spiro atoms. The predicted molar refractivity (Wildman–Crippen MR) is 73.8 cm³/mol. The Morgan fingerprint density at radius 1 is 1.41 bits per heavy atom. The van der Waals surface area contributed by atoms with Gasteiger partial charge in [0.05, 0.1) is 0 Å². The fraction of sp³-hybridized carbons (Fsp3) is 0.571. The lowest BCUT2D eigenvalue weighted by Gasteiger charge is -2.26. The maximum atomic E-state index is 11.3. The van der Waals surface area contributed by atoms with Gasteiger partial charge in [0.15, 0.2) is 0 Å². The van der Waals surface area contributed by atoms with Crippen molar-refractivity contribution in [1.29, 1.82) is 0 Å². The average Bonchev–Trinajstić information content (AvgIpc) is 2.35. The number of hydrogen-bond acceptors (Lipinski definition) is 2. The minimum atomic E-state index is -0.722. The van der Waals surface area contributed by atoms with Crippen molar-refractivity contribution in [2.45, 2.75) is 37.5 Å². The number of rotatable bonds is 4. The molecule has 17 heavy (non-hydrogen) atoms. The SMILES string of the molecule is CC(CNC1CCc2ccccc2C1)S(C)=O. The summed E-state index contributed by atoms with van der Waals surface area (Å²) in [6.45, 7) is 2.90. The Morgan fingerprint density at radius 3 is 2.82 bits per heavy atom. The maximum Gasteiger partial charge on any atom is 0.0441 e. The Labute approximate surface area is 106 Å². The molecule has 0 saturated heterocycles. The zero-order valence-electron chi connectivity index (χ0n) is 10.6. The first-order chi connectivity index (χ1) is 8.16. The minimum absolute atomic E-state index is 0.243. The summed E-state index contributed by atoms with van der Waals surface area (Å²) in [5, 5.41) is 3.79. The highest BCUT2D eigenvalue weighted by Crippen LogP contribution is 2.20. The molecule has 1 aliphatic rings. The summed E-state index contributed by atoms with van der Waals surface area (Å²) in [5.74, 6) is 0. The van der Waals surface area contributed by atoms with E-state index in [4.69, 9.17) is 0 Å². The number of benzene rings is 1. The van der Waals surface area contributed by atoms with Gasteiger partial charge in [-0.3, -0.25) is 4.21 Å². The molecular formula is C14H21NOS. The summed E-state index contributed by atoms with van der Waals surface area (Å²) in [7, 11) is -0.722. The third kappa shape index (κ3) is 3.39. The van der Waals surface area contributed by atoms with E-state index in [1.54, 1.807) is 6.26 Å². The Bertz CT molecular complexity index is 405. The highest BCUT2D eigenvalue weighted by atomic mass is 32.2. The van der Waals surface area contributed by atoms with Gasteiger partial charge in [0, 0.05) is 34.9 Å². The van der Waals surface area contributed by atoms with Gasteiger partial charge in [-0.15, -0.1) is 0 Å². The summed E-state index contributed by atoms with van der Waals surface area (Å²) >= 11 is 0. The molecule has 0 heterocycles. The average molecular weight is 251 g/mol. The van der Waals surface area contributed by atoms with Gasteiger partial charge in [-0.05, 0) is 37.3 Å². The molecule has 94 valence electrons. The largest absolute Gasteiger partial charge is 0.312 e. The fourth-order valence-corrected chi connectivity index (χ4v) is 2.65. The van der Waals surface area contributed by atoms with Gasteiger partial charge in [0.2, 0.25) is 0 Å². The molecule has 0 aliphatic heterocycles. The van der Waals surface area contributed by atoms with E-state index in [2.05, 4.69) is 29.6 Å². The van der Waals surface area contributed by atoms with Gasteiger partial charge in [-0.25, -0.2) is 0 Å². The van der Waals surface area contributed by atoms with Crippen molar-refractivity contribution in [2.24, 2.45) is 0 Å². The van der Waals surface area contributed by atoms with Crippen molar-refractivity contribution < 1.29 is 4.21 Å². The molecule has 1 N–H and O–H groups in total. The molecule has 0 radical (unpaired) electrons. The van der Waals surface area contributed by atoms with Crippen molar-refractivity contribution in [3.05, 3.63) is 35.4 Å². The molecule has 3 heteroatoms. The van der Waals surface area contributed by atoms with E-state index in [9.17, 15) is 4.21 Å². The maximum absolute atomic E-state index is 11.3. The molecular weight excluding hydrogens is 230 g/mol. The van der Waals surface area contributed by atoms with Gasteiger partial charge in [0.25, 0.3) is 0 Å². The minimum Gasteiger partial charge on any atom is -0.312 e. The highest BCUT2D eigenvalue weighted by molar-refractivity contribution is 7.84. The van der Waals surface area contributed by atoms with Crippen molar-refractivity contribution in [3.63, 3.8) is 0 Å². The first-order valence-electron chi connectivity index (χ1n) is 6.29. The van der Waals surface area contributed by atoms with E-state index < -0.39 is 10.8 Å². The second kappa shape index (κ2) is 5.78. The lowest BCUT2D eigenvalue weighted by atomic mass is 9.88. The lowest BCUT2D eigenvalue weighted by Crippen LogP contribution is -2.39. The van der Waals surface area contributed by atoms with E-state index in [0.717, 1.165) is 19.4 Å². The van der Waals surface area contributed by atoms with E-state index in [0.29, 0.717) is 6.04 Å². The van der Waals surface area contributed by atoms with Crippen LogP contribution in [0, 0.1) is 0 Å². The zero-order chi connectivity index (χ0) is 12.3. The standard InChI is InChI=1S/C14H21NOS/c1-11(17(2)16)10-15-14-8-7-12-5-3-4-6-13(12)9-14/h3-6,11,14-15H,7-10H2,1-2H3.